The Morgan fingerprint density at radius 3 is 2.65 bits per heavy atom. The molecule has 2 aliphatic heterocycles. The van der Waals surface area contributed by atoms with Gasteiger partial charge in [-0.25, -0.2) is 4.79 Å². The Balaban J connectivity index is 1.65. The fraction of sp³-hybridized carbons (Fsp3) is 0.400. The van der Waals surface area contributed by atoms with Gasteiger partial charge in [-0.3, -0.25) is 14.9 Å². The number of urea groups is 1. The molecule has 2 heterocycles. The summed E-state index contributed by atoms with van der Waals surface area (Å²) in [5, 5.41) is 5.58. The average Bonchev–Trinajstić information content (AvgIpc) is 2.97. The number of rotatable bonds is 3. The van der Waals surface area contributed by atoms with Crippen LogP contribution in [0.1, 0.15) is 36.9 Å². The lowest BCUT2D eigenvalue weighted by atomic mass is 10.1. The summed E-state index contributed by atoms with van der Waals surface area (Å²) in [5.74, 6) is -0.464. The van der Waals surface area contributed by atoms with E-state index in [9.17, 15) is 14.4 Å². The van der Waals surface area contributed by atoms with E-state index >= 15 is 0 Å². The van der Waals surface area contributed by atoms with Crippen LogP contribution >= 0.6 is 23.2 Å². The maximum absolute atomic E-state index is 12.5. The predicted octanol–water partition coefficient (Wildman–Crippen LogP) is 2.38. The van der Waals surface area contributed by atoms with Gasteiger partial charge in [0, 0.05) is 13.0 Å². The molecule has 4 amide bonds. The number of halogens is 2. The number of hydrogen-bond donors (Lipinski definition) is 2. The van der Waals surface area contributed by atoms with E-state index in [4.69, 9.17) is 23.2 Å². The van der Waals surface area contributed by atoms with E-state index in [0.717, 1.165) is 11.1 Å². The fourth-order valence-corrected chi connectivity index (χ4v) is 3.35. The molecule has 2 N–H and O–H groups in total. The van der Waals surface area contributed by atoms with Gasteiger partial charge in [0.15, 0.2) is 0 Å². The third-order valence-corrected chi connectivity index (χ3v) is 4.99. The highest BCUT2D eigenvalue weighted by Gasteiger charge is 2.33. The van der Waals surface area contributed by atoms with Crippen LogP contribution in [-0.4, -0.2) is 28.8 Å². The molecular formula is C15H15Cl2N3O3. The molecule has 1 saturated heterocycles. The molecule has 1 aromatic carbocycles. The quantitative estimate of drug-likeness (QED) is 0.817. The van der Waals surface area contributed by atoms with Gasteiger partial charge in [-0.2, -0.15) is 0 Å². The molecule has 6 nitrogen and oxygen atoms in total. The molecule has 0 radical (unpaired) electrons. The number of imide groups is 1. The van der Waals surface area contributed by atoms with Gasteiger partial charge in [-0.1, -0.05) is 23.2 Å². The zero-order valence-electron chi connectivity index (χ0n) is 12.4. The number of carbonyl (C=O) groups is 3. The van der Waals surface area contributed by atoms with Crippen molar-refractivity contribution in [1.82, 2.24) is 15.5 Å². The summed E-state index contributed by atoms with van der Waals surface area (Å²) in [4.78, 5) is 36.7. The van der Waals surface area contributed by atoms with Crippen molar-refractivity contribution in [2.24, 2.45) is 0 Å². The maximum Gasteiger partial charge on any atom is 0.322 e. The van der Waals surface area contributed by atoms with Crippen molar-refractivity contribution in [2.45, 2.75) is 38.4 Å². The van der Waals surface area contributed by atoms with Gasteiger partial charge < -0.3 is 10.2 Å². The summed E-state index contributed by atoms with van der Waals surface area (Å²) >= 11 is 12.1. The average molecular weight is 356 g/mol. The Kier molecular flexibility index (Phi) is 4.21. The van der Waals surface area contributed by atoms with E-state index in [2.05, 4.69) is 10.6 Å². The number of benzene rings is 1. The van der Waals surface area contributed by atoms with Crippen LogP contribution in [0.2, 0.25) is 10.0 Å². The van der Waals surface area contributed by atoms with Gasteiger partial charge in [-0.15, -0.1) is 0 Å². The second-order valence-electron chi connectivity index (χ2n) is 5.72. The van der Waals surface area contributed by atoms with Gasteiger partial charge in [0.25, 0.3) is 5.91 Å². The van der Waals surface area contributed by atoms with Crippen molar-refractivity contribution in [3.63, 3.8) is 0 Å². The Morgan fingerprint density at radius 1 is 1.30 bits per heavy atom. The van der Waals surface area contributed by atoms with Gasteiger partial charge in [0.05, 0.1) is 16.1 Å². The van der Waals surface area contributed by atoms with Crippen molar-refractivity contribution in [3.05, 3.63) is 33.3 Å². The highest BCUT2D eigenvalue weighted by Crippen LogP contribution is 2.38. The minimum Gasteiger partial charge on any atom is -0.332 e. The topological polar surface area (TPSA) is 78.5 Å². The van der Waals surface area contributed by atoms with Gasteiger partial charge >= 0.3 is 6.03 Å². The lowest BCUT2D eigenvalue weighted by Gasteiger charge is -2.22. The standard InChI is InChI=1S/C15H15Cl2N3O3/c1-7-9-5-11(17)10(16)4-8(9)6-20(7)13(21)3-2-12-14(22)19-15(23)18-12/h4-5,7,12H,2-3,6H2,1H3,(H2,18,19,22,23). The van der Waals surface area contributed by atoms with E-state index in [0.29, 0.717) is 16.6 Å². The second-order valence-corrected chi connectivity index (χ2v) is 6.53. The highest BCUT2D eigenvalue weighted by atomic mass is 35.5. The van der Waals surface area contributed by atoms with Gasteiger partial charge in [0.1, 0.15) is 6.04 Å². The first-order chi connectivity index (χ1) is 10.9. The lowest BCUT2D eigenvalue weighted by molar-refractivity contribution is -0.133. The highest BCUT2D eigenvalue weighted by molar-refractivity contribution is 6.42. The Labute approximate surface area is 143 Å². The number of amides is 4. The van der Waals surface area contributed by atoms with Gasteiger partial charge in [0.2, 0.25) is 5.91 Å². The first-order valence-electron chi connectivity index (χ1n) is 7.25. The monoisotopic (exact) mass is 355 g/mol. The molecular weight excluding hydrogens is 341 g/mol. The summed E-state index contributed by atoms with van der Waals surface area (Å²) in [6.07, 6.45) is 0.454. The van der Waals surface area contributed by atoms with Crippen LogP contribution in [0.5, 0.6) is 0 Å². The first kappa shape index (κ1) is 16.1. The number of carbonyl (C=O) groups excluding carboxylic acids is 3. The second kappa shape index (κ2) is 6.02. The molecule has 3 rings (SSSR count). The van der Waals surface area contributed by atoms with Crippen molar-refractivity contribution in [2.75, 3.05) is 0 Å². The van der Waals surface area contributed by atoms with Crippen molar-refractivity contribution in [1.29, 1.82) is 0 Å². The maximum atomic E-state index is 12.5. The SMILES string of the molecule is CC1c2cc(Cl)c(Cl)cc2CN1C(=O)CCC1NC(=O)NC1=O. The van der Waals surface area contributed by atoms with E-state index < -0.39 is 12.1 Å². The molecule has 23 heavy (non-hydrogen) atoms. The van der Waals surface area contributed by atoms with Crippen LogP contribution in [0.4, 0.5) is 4.79 Å². The summed E-state index contributed by atoms with van der Waals surface area (Å²) in [7, 11) is 0. The number of hydrogen-bond acceptors (Lipinski definition) is 3. The molecule has 0 aliphatic carbocycles. The predicted molar refractivity (Wildman–Crippen MR) is 85.1 cm³/mol. The smallest absolute Gasteiger partial charge is 0.322 e. The third-order valence-electron chi connectivity index (χ3n) is 4.27. The van der Waals surface area contributed by atoms with Gasteiger partial charge in [-0.05, 0) is 36.6 Å². The molecule has 2 atom stereocenters. The molecule has 2 aliphatic rings. The number of nitrogens with one attached hydrogen (secondary N) is 2. The molecule has 122 valence electrons. The zero-order chi connectivity index (χ0) is 16.7. The van der Waals surface area contributed by atoms with Crippen LogP contribution in [0, 0.1) is 0 Å². The number of fused-ring (bicyclic) bond motifs is 1. The largest absolute Gasteiger partial charge is 0.332 e. The first-order valence-corrected chi connectivity index (χ1v) is 8.01. The molecule has 1 aromatic rings. The zero-order valence-corrected chi connectivity index (χ0v) is 13.9. The molecule has 2 unspecified atom stereocenters. The lowest BCUT2D eigenvalue weighted by Crippen LogP contribution is -2.33. The van der Waals surface area contributed by atoms with E-state index in [1.807, 2.05) is 6.92 Å². The van der Waals surface area contributed by atoms with Crippen molar-refractivity contribution >= 4 is 41.0 Å². The van der Waals surface area contributed by atoms with Crippen LogP contribution in [0.3, 0.4) is 0 Å². The van der Waals surface area contributed by atoms with Crippen LogP contribution in [0.15, 0.2) is 12.1 Å². The minimum absolute atomic E-state index is 0.0742. The van der Waals surface area contributed by atoms with E-state index in [-0.39, 0.29) is 30.7 Å². The summed E-state index contributed by atoms with van der Waals surface area (Å²) in [5.41, 5.74) is 1.96. The Bertz CT molecular complexity index is 707. The summed E-state index contributed by atoms with van der Waals surface area (Å²) in [6, 6.07) is 2.32. The molecule has 0 spiro atoms. The van der Waals surface area contributed by atoms with Crippen LogP contribution in [0.25, 0.3) is 0 Å². The Morgan fingerprint density at radius 2 is 2.00 bits per heavy atom. The number of nitrogens with zero attached hydrogens (tertiary/aromatic N) is 1. The Hall–Kier alpha value is -1.79. The van der Waals surface area contributed by atoms with E-state index in [1.54, 1.807) is 17.0 Å². The summed E-state index contributed by atoms with van der Waals surface area (Å²) < 4.78 is 0. The molecule has 1 fully saturated rings. The van der Waals surface area contributed by atoms with Crippen molar-refractivity contribution in [3.8, 4) is 0 Å². The van der Waals surface area contributed by atoms with E-state index in [1.165, 1.54) is 0 Å². The van der Waals surface area contributed by atoms with Crippen molar-refractivity contribution < 1.29 is 14.4 Å². The molecule has 8 heteroatoms. The molecule has 0 saturated carbocycles. The molecule has 0 bridgehead atoms. The minimum atomic E-state index is -0.643. The molecule has 0 aromatic heterocycles. The third kappa shape index (κ3) is 3.01. The van der Waals surface area contributed by atoms with Crippen LogP contribution in [-0.2, 0) is 16.1 Å². The normalized spacial score (nSPS) is 22.8. The fourth-order valence-electron chi connectivity index (χ4n) is 3.00. The summed E-state index contributed by atoms with van der Waals surface area (Å²) in [6.45, 7) is 2.40. The van der Waals surface area contributed by atoms with Crippen LogP contribution < -0.4 is 10.6 Å².